The third-order valence-corrected chi connectivity index (χ3v) is 5.14. The standard InChI is InChI=1S/C16H23N5O2S/c1-9-10(2)19-21(6)15(22)12(9)14-18-11(3)13(24-14)16(23)20(5)8-7-17-4/h17H,7-8H2,1-6H3. The van der Waals surface area contributed by atoms with E-state index in [4.69, 9.17) is 0 Å². The first-order chi connectivity index (χ1) is 11.3. The fraction of sp³-hybridized carbons (Fsp3) is 0.500. The van der Waals surface area contributed by atoms with Crippen LogP contribution in [0.5, 0.6) is 0 Å². The topological polar surface area (TPSA) is 80.1 Å². The van der Waals surface area contributed by atoms with Gasteiger partial charge in [-0.25, -0.2) is 9.67 Å². The molecule has 0 saturated carbocycles. The molecule has 0 unspecified atom stereocenters. The van der Waals surface area contributed by atoms with Crippen molar-refractivity contribution in [3.05, 3.63) is 32.2 Å². The van der Waals surface area contributed by atoms with Gasteiger partial charge in [0.05, 0.1) is 17.0 Å². The fourth-order valence-electron chi connectivity index (χ4n) is 2.36. The second kappa shape index (κ2) is 7.23. The van der Waals surface area contributed by atoms with Gasteiger partial charge in [0.15, 0.2) is 0 Å². The van der Waals surface area contributed by atoms with Crippen molar-refractivity contribution in [2.45, 2.75) is 20.8 Å². The molecule has 0 bridgehead atoms. The molecule has 0 aliphatic rings. The van der Waals surface area contributed by atoms with Crippen LogP contribution in [0.25, 0.3) is 10.6 Å². The first-order valence-corrected chi connectivity index (χ1v) is 8.52. The summed E-state index contributed by atoms with van der Waals surface area (Å²) >= 11 is 1.26. The van der Waals surface area contributed by atoms with E-state index in [0.29, 0.717) is 27.7 Å². The normalized spacial score (nSPS) is 10.9. The molecule has 0 aromatic carbocycles. The van der Waals surface area contributed by atoms with Crippen molar-refractivity contribution in [3.63, 3.8) is 0 Å². The molecule has 0 aliphatic heterocycles. The lowest BCUT2D eigenvalue weighted by molar-refractivity contribution is 0.0800. The minimum Gasteiger partial charge on any atom is -0.340 e. The molecule has 0 saturated heterocycles. The summed E-state index contributed by atoms with van der Waals surface area (Å²) in [5, 5.41) is 7.78. The van der Waals surface area contributed by atoms with Crippen molar-refractivity contribution in [3.8, 4) is 10.6 Å². The van der Waals surface area contributed by atoms with Crippen LogP contribution in [0, 0.1) is 20.8 Å². The molecule has 2 aromatic heterocycles. The van der Waals surface area contributed by atoms with Crippen molar-refractivity contribution in [1.29, 1.82) is 0 Å². The molecule has 2 rings (SSSR count). The predicted octanol–water partition coefficient (Wildman–Crippen LogP) is 1.12. The summed E-state index contributed by atoms with van der Waals surface area (Å²) in [7, 11) is 5.23. The molecular formula is C16H23N5O2S. The SMILES string of the molecule is CNCCN(C)C(=O)c1sc(-c2c(C)c(C)nn(C)c2=O)nc1C. The van der Waals surface area contributed by atoms with Crippen LogP contribution in [0.3, 0.4) is 0 Å². The van der Waals surface area contributed by atoms with Gasteiger partial charge in [0.2, 0.25) is 0 Å². The van der Waals surface area contributed by atoms with Crippen molar-refractivity contribution in [1.82, 2.24) is 25.0 Å². The third kappa shape index (κ3) is 3.39. The Morgan fingerprint density at radius 3 is 2.58 bits per heavy atom. The Morgan fingerprint density at radius 1 is 1.29 bits per heavy atom. The van der Waals surface area contributed by atoms with Crippen LogP contribution >= 0.6 is 11.3 Å². The lowest BCUT2D eigenvalue weighted by Gasteiger charge is -2.15. The largest absolute Gasteiger partial charge is 0.340 e. The predicted molar refractivity (Wildman–Crippen MR) is 95.7 cm³/mol. The highest BCUT2D eigenvalue weighted by atomic mass is 32.1. The van der Waals surface area contributed by atoms with Gasteiger partial charge in [0.1, 0.15) is 9.88 Å². The second-order valence-corrected chi connectivity index (χ2v) is 6.78. The number of aromatic nitrogens is 3. The Hall–Kier alpha value is -2.06. The molecule has 0 radical (unpaired) electrons. The summed E-state index contributed by atoms with van der Waals surface area (Å²) in [5.74, 6) is -0.0771. The van der Waals surface area contributed by atoms with Gasteiger partial charge in [0.25, 0.3) is 11.5 Å². The molecule has 7 nitrogen and oxygen atoms in total. The number of hydrogen-bond donors (Lipinski definition) is 1. The van der Waals surface area contributed by atoms with Gasteiger partial charge >= 0.3 is 0 Å². The lowest BCUT2D eigenvalue weighted by atomic mass is 10.1. The zero-order valence-electron chi connectivity index (χ0n) is 14.9. The first-order valence-electron chi connectivity index (χ1n) is 7.70. The Bertz CT molecular complexity index is 825. The number of nitrogens with one attached hydrogen (secondary N) is 1. The lowest BCUT2D eigenvalue weighted by Crippen LogP contribution is -2.32. The number of carbonyl (C=O) groups excluding carboxylic acids is 1. The highest BCUT2D eigenvalue weighted by Crippen LogP contribution is 2.29. The molecule has 24 heavy (non-hydrogen) atoms. The quantitative estimate of drug-likeness (QED) is 0.875. The molecule has 0 aliphatic carbocycles. The van der Waals surface area contributed by atoms with E-state index in [1.807, 2.05) is 20.9 Å². The number of hydrogen-bond acceptors (Lipinski definition) is 6. The molecule has 0 atom stereocenters. The average Bonchev–Trinajstić information content (AvgIpc) is 2.91. The Labute approximate surface area is 145 Å². The fourth-order valence-corrected chi connectivity index (χ4v) is 3.51. The van der Waals surface area contributed by atoms with Crippen molar-refractivity contribution >= 4 is 17.2 Å². The maximum atomic E-state index is 12.6. The number of rotatable bonds is 5. The van der Waals surface area contributed by atoms with Crippen LogP contribution in [0.2, 0.25) is 0 Å². The van der Waals surface area contributed by atoms with Crippen LogP contribution in [-0.2, 0) is 7.05 Å². The van der Waals surface area contributed by atoms with Gasteiger partial charge in [-0.1, -0.05) is 0 Å². The van der Waals surface area contributed by atoms with Gasteiger partial charge in [-0.15, -0.1) is 11.3 Å². The average molecular weight is 349 g/mol. The second-order valence-electron chi connectivity index (χ2n) is 5.78. The molecule has 2 aromatic rings. The highest BCUT2D eigenvalue weighted by Gasteiger charge is 2.22. The van der Waals surface area contributed by atoms with Crippen molar-refractivity contribution < 1.29 is 4.79 Å². The molecule has 130 valence electrons. The summed E-state index contributed by atoms with van der Waals surface area (Å²) in [6, 6.07) is 0. The maximum Gasteiger partial charge on any atom is 0.277 e. The van der Waals surface area contributed by atoms with Gasteiger partial charge in [-0.05, 0) is 33.4 Å². The molecule has 1 amide bonds. The van der Waals surface area contributed by atoms with E-state index < -0.39 is 0 Å². The summed E-state index contributed by atoms with van der Waals surface area (Å²) in [4.78, 5) is 31.8. The van der Waals surface area contributed by atoms with E-state index in [1.165, 1.54) is 16.0 Å². The van der Waals surface area contributed by atoms with Crippen LogP contribution in [0.1, 0.15) is 26.6 Å². The van der Waals surface area contributed by atoms with E-state index in [9.17, 15) is 9.59 Å². The van der Waals surface area contributed by atoms with Crippen LogP contribution < -0.4 is 10.9 Å². The molecule has 8 heteroatoms. The van der Waals surface area contributed by atoms with Gasteiger partial charge in [-0.2, -0.15) is 5.10 Å². The van der Waals surface area contributed by atoms with Crippen LogP contribution in [-0.4, -0.2) is 52.8 Å². The van der Waals surface area contributed by atoms with E-state index in [2.05, 4.69) is 15.4 Å². The summed E-state index contributed by atoms with van der Waals surface area (Å²) < 4.78 is 1.31. The molecule has 2 heterocycles. The number of amides is 1. The maximum absolute atomic E-state index is 12.6. The minimum atomic E-state index is -0.200. The number of thiazole rings is 1. The zero-order chi connectivity index (χ0) is 18.0. The zero-order valence-corrected chi connectivity index (χ0v) is 15.7. The van der Waals surface area contributed by atoms with Crippen LogP contribution in [0.15, 0.2) is 4.79 Å². The summed E-state index contributed by atoms with van der Waals surface area (Å²) in [6.45, 7) is 6.84. The number of carbonyl (C=O) groups is 1. The smallest absolute Gasteiger partial charge is 0.277 e. The molecular weight excluding hydrogens is 326 g/mol. The Balaban J connectivity index is 2.47. The Kier molecular flexibility index (Phi) is 5.51. The van der Waals surface area contributed by atoms with E-state index in [1.54, 1.807) is 25.9 Å². The van der Waals surface area contributed by atoms with Crippen molar-refractivity contribution in [2.75, 3.05) is 27.2 Å². The van der Waals surface area contributed by atoms with Crippen LogP contribution in [0.4, 0.5) is 0 Å². The highest BCUT2D eigenvalue weighted by molar-refractivity contribution is 7.17. The van der Waals surface area contributed by atoms with Gasteiger partial charge in [0, 0.05) is 27.2 Å². The number of nitrogens with zero attached hydrogens (tertiary/aromatic N) is 4. The van der Waals surface area contributed by atoms with E-state index in [-0.39, 0.29) is 11.5 Å². The summed E-state index contributed by atoms with van der Waals surface area (Å²) in [5.41, 5.74) is 2.55. The molecule has 0 fully saturated rings. The summed E-state index contributed by atoms with van der Waals surface area (Å²) in [6.07, 6.45) is 0. The minimum absolute atomic E-state index is 0.0771. The first kappa shape index (κ1) is 18.3. The third-order valence-electron chi connectivity index (χ3n) is 3.97. The number of aryl methyl sites for hydroxylation is 3. The number of likely N-dealkylation sites (N-methyl/N-ethyl adjacent to an activating group) is 2. The molecule has 0 spiro atoms. The van der Waals surface area contributed by atoms with Crippen molar-refractivity contribution in [2.24, 2.45) is 7.05 Å². The van der Waals surface area contributed by atoms with E-state index >= 15 is 0 Å². The van der Waals surface area contributed by atoms with Gasteiger partial charge in [-0.3, -0.25) is 9.59 Å². The Morgan fingerprint density at radius 2 is 1.96 bits per heavy atom. The monoisotopic (exact) mass is 349 g/mol. The molecule has 1 N–H and O–H groups in total. The van der Waals surface area contributed by atoms with Gasteiger partial charge < -0.3 is 10.2 Å². The van der Waals surface area contributed by atoms with E-state index in [0.717, 1.165) is 17.8 Å².